The molecule has 6 nitrogen and oxygen atoms in total. The summed E-state index contributed by atoms with van der Waals surface area (Å²) < 4.78 is 16.6. The van der Waals surface area contributed by atoms with E-state index in [1.807, 2.05) is 48.5 Å². The summed E-state index contributed by atoms with van der Waals surface area (Å²) in [6, 6.07) is 15.1. The van der Waals surface area contributed by atoms with Crippen LogP contribution in [0, 0.1) is 0 Å². The lowest BCUT2D eigenvalue weighted by atomic mass is 9.93. The quantitative estimate of drug-likeness (QED) is 0.647. The number of methoxy groups -OCH3 is 1. The zero-order chi connectivity index (χ0) is 19.2. The topological polar surface area (TPSA) is 88.4 Å². The van der Waals surface area contributed by atoms with Crippen LogP contribution in [0.2, 0.25) is 0 Å². The summed E-state index contributed by atoms with van der Waals surface area (Å²) >= 11 is 0. The number of aliphatic hydroxyl groups excluding tert-OH is 2. The number of benzene rings is 2. The van der Waals surface area contributed by atoms with Crippen molar-refractivity contribution in [2.45, 2.75) is 38.1 Å². The summed E-state index contributed by atoms with van der Waals surface area (Å²) in [6.07, 6.45) is -0.0305. The first kappa shape index (κ1) is 19.4. The first-order valence-electron chi connectivity index (χ1n) is 8.77. The van der Waals surface area contributed by atoms with Crippen LogP contribution in [0.3, 0.4) is 0 Å². The van der Waals surface area contributed by atoms with E-state index in [4.69, 9.17) is 19.3 Å². The Balaban J connectivity index is 1.69. The van der Waals surface area contributed by atoms with Gasteiger partial charge in [0.25, 0.3) is 0 Å². The minimum absolute atomic E-state index is 0.00103. The molecule has 0 fully saturated rings. The Bertz CT molecular complexity index is 751. The lowest BCUT2D eigenvalue weighted by Gasteiger charge is -2.30. The smallest absolute Gasteiger partial charge is 0.211 e. The Labute approximate surface area is 158 Å². The SMILES string of the molecule is COc1ccc(C2C=C(C(O)O)OC(OCc3ccc(CO)cc3)C2)cc1. The number of hydrogen-bond donors (Lipinski definition) is 3. The molecule has 2 aromatic rings. The molecule has 1 aliphatic heterocycles. The molecule has 2 atom stereocenters. The number of ether oxygens (including phenoxy) is 3. The van der Waals surface area contributed by atoms with Crippen molar-refractivity contribution in [3.8, 4) is 5.75 Å². The average Bonchev–Trinajstić information content (AvgIpc) is 2.72. The Morgan fingerprint density at radius 1 is 1.04 bits per heavy atom. The third kappa shape index (κ3) is 5.08. The van der Waals surface area contributed by atoms with E-state index in [-0.39, 0.29) is 18.3 Å². The highest BCUT2D eigenvalue weighted by Gasteiger charge is 2.28. The zero-order valence-electron chi connectivity index (χ0n) is 15.1. The Morgan fingerprint density at radius 3 is 2.30 bits per heavy atom. The molecule has 0 amide bonds. The Hall–Kier alpha value is -2.38. The first-order valence-corrected chi connectivity index (χ1v) is 8.77. The molecule has 0 saturated carbocycles. The highest BCUT2D eigenvalue weighted by Crippen LogP contribution is 2.33. The molecular formula is C21H24O6. The van der Waals surface area contributed by atoms with Crippen molar-refractivity contribution < 1.29 is 29.5 Å². The standard InChI is InChI=1S/C21H24O6/c1-25-18-8-6-16(7-9-18)17-10-19(21(23)24)27-20(11-17)26-13-15-4-2-14(12-22)3-5-15/h2-10,17,20-24H,11-13H2,1H3. The van der Waals surface area contributed by atoms with Gasteiger partial charge in [-0.25, -0.2) is 0 Å². The minimum Gasteiger partial charge on any atom is -0.497 e. The monoisotopic (exact) mass is 372 g/mol. The van der Waals surface area contributed by atoms with Crippen LogP contribution < -0.4 is 4.74 Å². The molecule has 1 aliphatic rings. The van der Waals surface area contributed by atoms with Crippen molar-refractivity contribution in [3.63, 3.8) is 0 Å². The zero-order valence-corrected chi connectivity index (χ0v) is 15.1. The summed E-state index contributed by atoms with van der Waals surface area (Å²) in [4.78, 5) is 0. The van der Waals surface area contributed by atoms with Crippen LogP contribution >= 0.6 is 0 Å². The lowest BCUT2D eigenvalue weighted by molar-refractivity contribution is -0.167. The van der Waals surface area contributed by atoms with Gasteiger partial charge >= 0.3 is 0 Å². The van der Waals surface area contributed by atoms with Crippen molar-refractivity contribution in [2.75, 3.05) is 7.11 Å². The molecule has 3 N–H and O–H groups in total. The summed E-state index contributed by atoms with van der Waals surface area (Å²) in [6.45, 7) is 0.319. The first-order chi connectivity index (χ1) is 13.1. The molecule has 144 valence electrons. The van der Waals surface area contributed by atoms with Gasteiger partial charge in [-0.1, -0.05) is 36.4 Å². The highest BCUT2D eigenvalue weighted by atomic mass is 16.7. The van der Waals surface area contributed by atoms with Gasteiger partial charge in [0.15, 0.2) is 5.76 Å². The van der Waals surface area contributed by atoms with Gasteiger partial charge in [0.1, 0.15) is 5.75 Å². The van der Waals surface area contributed by atoms with Crippen LogP contribution in [-0.4, -0.2) is 35.0 Å². The maximum absolute atomic E-state index is 9.55. The average molecular weight is 372 g/mol. The third-order valence-electron chi connectivity index (χ3n) is 4.52. The second kappa shape index (κ2) is 9.01. The second-order valence-corrected chi connectivity index (χ2v) is 6.39. The maximum Gasteiger partial charge on any atom is 0.211 e. The lowest BCUT2D eigenvalue weighted by Crippen LogP contribution is -2.28. The van der Waals surface area contributed by atoms with E-state index >= 15 is 0 Å². The largest absolute Gasteiger partial charge is 0.497 e. The van der Waals surface area contributed by atoms with Gasteiger partial charge in [-0.3, -0.25) is 0 Å². The van der Waals surface area contributed by atoms with E-state index in [1.165, 1.54) is 0 Å². The van der Waals surface area contributed by atoms with E-state index in [0.717, 1.165) is 22.4 Å². The van der Waals surface area contributed by atoms with Crippen LogP contribution in [0.5, 0.6) is 5.75 Å². The second-order valence-electron chi connectivity index (χ2n) is 6.39. The van der Waals surface area contributed by atoms with Crippen molar-refractivity contribution in [1.82, 2.24) is 0 Å². The van der Waals surface area contributed by atoms with Crippen LogP contribution in [0.4, 0.5) is 0 Å². The Morgan fingerprint density at radius 2 is 1.70 bits per heavy atom. The maximum atomic E-state index is 9.55. The fourth-order valence-electron chi connectivity index (χ4n) is 2.98. The highest BCUT2D eigenvalue weighted by molar-refractivity contribution is 5.32. The number of rotatable bonds is 7. The van der Waals surface area contributed by atoms with Crippen molar-refractivity contribution >= 4 is 0 Å². The Kier molecular flexibility index (Phi) is 6.47. The van der Waals surface area contributed by atoms with Gasteiger partial charge in [-0.05, 0) is 34.9 Å². The molecule has 0 bridgehead atoms. The molecule has 2 unspecified atom stereocenters. The fraction of sp³-hybridized carbons (Fsp3) is 0.333. The predicted octanol–water partition coefficient (Wildman–Crippen LogP) is 2.43. The van der Waals surface area contributed by atoms with E-state index < -0.39 is 12.6 Å². The molecule has 0 radical (unpaired) electrons. The van der Waals surface area contributed by atoms with Crippen molar-refractivity contribution in [3.05, 3.63) is 77.1 Å². The van der Waals surface area contributed by atoms with Gasteiger partial charge in [-0.15, -0.1) is 0 Å². The van der Waals surface area contributed by atoms with Crippen molar-refractivity contribution in [2.24, 2.45) is 0 Å². The van der Waals surface area contributed by atoms with Gasteiger partial charge in [0, 0.05) is 12.3 Å². The van der Waals surface area contributed by atoms with Gasteiger partial charge in [0.05, 0.1) is 20.3 Å². The molecule has 3 rings (SSSR count). The third-order valence-corrected chi connectivity index (χ3v) is 4.52. The molecule has 27 heavy (non-hydrogen) atoms. The minimum atomic E-state index is -1.69. The predicted molar refractivity (Wildman–Crippen MR) is 98.7 cm³/mol. The molecule has 1 heterocycles. The summed E-state index contributed by atoms with van der Waals surface area (Å²) in [7, 11) is 1.61. The number of aliphatic hydroxyl groups is 3. The summed E-state index contributed by atoms with van der Waals surface area (Å²) in [5.74, 6) is 0.780. The molecule has 0 saturated heterocycles. The molecular weight excluding hydrogens is 348 g/mol. The molecule has 0 aliphatic carbocycles. The van der Waals surface area contributed by atoms with E-state index in [0.29, 0.717) is 13.0 Å². The fourth-order valence-corrected chi connectivity index (χ4v) is 2.98. The van der Waals surface area contributed by atoms with Crippen LogP contribution in [0.15, 0.2) is 60.4 Å². The summed E-state index contributed by atoms with van der Waals surface area (Å²) in [5, 5.41) is 28.2. The number of hydrogen-bond acceptors (Lipinski definition) is 6. The molecule has 2 aromatic carbocycles. The number of allylic oxidation sites excluding steroid dienone is 1. The summed E-state index contributed by atoms with van der Waals surface area (Å²) in [5.41, 5.74) is 2.79. The van der Waals surface area contributed by atoms with Crippen molar-refractivity contribution in [1.29, 1.82) is 0 Å². The van der Waals surface area contributed by atoms with E-state index in [1.54, 1.807) is 13.2 Å². The normalized spacial score (nSPS) is 19.5. The van der Waals surface area contributed by atoms with Gasteiger partial charge < -0.3 is 29.5 Å². The molecule has 6 heteroatoms. The molecule has 0 spiro atoms. The van der Waals surface area contributed by atoms with Crippen LogP contribution in [0.1, 0.15) is 29.0 Å². The van der Waals surface area contributed by atoms with E-state index in [9.17, 15) is 10.2 Å². The van der Waals surface area contributed by atoms with Crippen LogP contribution in [0.25, 0.3) is 0 Å². The van der Waals surface area contributed by atoms with Crippen LogP contribution in [-0.2, 0) is 22.7 Å². The van der Waals surface area contributed by atoms with Gasteiger partial charge in [-0.2, -0.15) is 0 Å². The molecule has 0 aromatic heterocycles. The van der Waals surface area contributed by atoms with Gasteiger partial charge in [0.2, 0.25) is 12.6 Å². The van der Waals surface area contributed by atoms with E-state index in [2.05, 4.69) is 0 Å².